The Hall–Kier alpha value is -4.02. The molecule has 1 aromatic heterocycles. The summed E-state index contributed by atoms with van der Waals surface area (Å²) >= 11 is 1.55. The number of imide groups is 1. The molecule has 39 heavy (non-hydrogen) atoms. The molecule has 0 bridgehead atoms. The average molecular weight is 539 g/mol. The van der Waals surface area contributed by atoms with E-state index < -0.39 is 11.8 Å². The molecule has 0 fully saturated rings. The van der Waals surface area contributed by atoms with E-state index >= 15 is 0 Å². The van der Waals surface area contributed by atoms with E-state index in [1.165, 1.54) is 0 Å². The molecular weight excluding hydrogens is 504 g/mol. The van der Waals surface area contributed by atoms with E-state index in [9.17, 15) is 14.9 Å². The van der Waals surface area contributed by atoms with Crippen LogP contribution in [-0.4, -0.2) is 41.3 Å². The van der Waals surface area contributed by atoms with Gasteiger partial charge in [0.1, 0.15) is 11.6 Å². The van der Waals surface area contributed by atoms with E-state index in [1.807, 2.05) is 66.7 Å². The highest BCUT2D eigenvalue weighted by Crippen LogP contribution is 2.39. The van der Waals surface area contributed by atoms with Gasteiger partial charge in [-0.1, -0.05) is 98.7 Å². The number of amides is 2. The summed E-state index contributed by atoms with van der Waals surface area (Å²) in [5, 5.41) is 11.0. The van der Waals surface area contributed by atoms with Gasteiger partial charge in [0.2, 0.25) is 0 Å². The van der Waals surface area contributed by atoms with E-state index in [0.717, 1.165) is 64.9 Å². The normalized spacial score (nSPS) is 14.7. The highest BCUT2D eigenvalue weighted by Gasteiger charge is 2.37. The van der Waals surface area contributed by atoms with Gasteiger partial charge in [-0.3, -0.25) is 14.5 Å². The lowest BCUT2D eigenvalue weighted by atomic mass is 9.88. The zero-order chi connectivity index (χ0) is 27.8. The van der Waals surface area contributed by atoms with Crippen LogP contribution in [0.5, 0.6) is 0 Å². The topological polar surface area (TPSA) is 77.3 Å². The summed E-state index contributed by atoms with van der Waals surface area (Å²) in [5.74, 6) is -0.956. The first-order valence-corrected chi connectivity index (χ1v) is 14.4. The molecule has 3 aromatic rings. The van der Waals surface area contributed by atoms with Crippen molar-refractivity contribution in [2.75, 3.05) is 24.5 Å². The Kier molecular flexibility index (Phi) is 9.45. The van der Waals surface area contributed by atoms with Gasteiger partial charge in [0.05, 0.1) is 16.1 Å². The first-order chi connectivity index (χ1) is 19.0. The Morgan fingerprint density at radius 3 is 2.03 bits per heavy atom. The number of thiazole rings is 1. The molecule has 200 valence electrons. The highest BCUT2D eigenvalue weighted by atomic mass is 32.1. The average Bonchev–Trinajstić information content (AvgIpc) is 3.39. The summed E-state index contributed by atoms with van der Waals surface area (Å²) in [7, 11) is 0. The van der Waals surface area contributed by atoms with Crippen LogP contribution in [0.25, 0.3) is 22.9 Å². The third-order valence-electron chi connectivity index (χ3n) is 6.74. The van der Waals surface area contributed by atoms with Gasteiger partial charge in [-0.05, 0) is 31.4 Å². The van der Waals surface area contributed by atoms with Crippen LogP contribution in [0.15, 0.2) is 71.8 Å². The SMILES string of the molecule is CCCCN(CCCC)c1nc(-c2ccccc2)c(/C=C2\C(=O)N(CC)C(=O)C(C#N)=C2c2ccccc2)s1. The smallest absolute Gasteiger partial charge is 0.272 e. The number of likely N-dealkylation sites (N-methyl/N-ethyl adjacent to an activating group) is 1. The summed E-state index contributed by atoms with van der Waals surface area (Å²) in [6.45, 7) is 8.13. The molecule has 7 heteroatoms. The van der Waals surface area contributed by atoms with E-state index in [0.29, 0.717) is 16.7 Å². The van der Waals surface area contributed by atoms with Gasteiger partial charge in [0.25, 0.3) is 11.8 Å². The second kappa shape index (κ2) is 13.2. The summed E-state index contributed by atoms with van der Waals surface area (Å²) in [6.07, 6.45) is 6.15. The molecule has 0 aliphatic carbocycles. The molecule has 0 N–H and O–H groups in total. The van der Waals surface area contributed by atoms with Gasteiger partial charge < -0.3 is 4.90 Å². The van der Waals surface area contributed by atoms with E-state index in [4.69, 9.17) is 4.98 Å². The summed E-state index contributed by atoms with van der Waals surface area (Å²) in [6, 6.07) is 21.3. The lowest BCUT2D eigenvalue weighted by Crippen LogP contribution is -2.42. The lowest BCUT2D eigenvalue weighted by molar-refractivity contribution is -0.139. The largest absolute Gasteiger partial charge is 0.348 e. The molecule has 1 aliphatic rings. The van der Waals surface area contributed by atoms with Crippen LogP contribution in [0.1, 0.15) is 56.9 Å². The fraction of sp³-hybridized carbons (Fsp3) is 0.312. The number of aromatic nitrogens is 1. The molecule has 0 spiro atoms. The lowest BCUT2D eigenvalue weighted by Gasteiger charge is -2.27. The molecule has 6 nitrogen and oxygen atoms in total. The maximum atomic E-state index is 13.8. The van der Waals surface area contributed by atoms with Gasteiger partial charge >= 0.3 is 0 Å². The van der Waals surface area contributed by atoms with Crippen molar-refractivity contribution in [3.05, 3.63) is 82.3 Å². The Bertz CT molecular complexity index is 1410. The molecule has 2 aromatic carbocycles. The number of nitriles is 1. The third-order valence-corrected chi connectivity index (χ3v) is 7.81. The van der Waals surface area contributed by atoms with Crippen LogP contribution in [0.4, 0.5) is 5.13 Å². The second-order valence-corrected chi connectivity index (χ2v) is 10.4. The van der Waals surface area contributed by atoms with Crippen LogP contribution >= 0.6 is 11.3 Å². The minimum absolute atomic E-state index is 0.0209. The Labute approximate surface area is 234 Å². The molecule has 4 rings (SSSR count). The first kappa shape index (κ1) is 28.0. The molecule has 0 radical (unpaired) electrons. The minimum atomic E-state index is -0.556. The van der Waals surface area contributed by atoms with E-state index in [-0.39, 0.29) is 12.1 Å². The molecular formula is C32H34N4O2S. The molecule has 0 unspecified atom stereocenters. The minimum Gasteiger partial charge on any atom is -0.348 e. The van der Waals surface area contributed by atoms with Crippen molar-refractivity contribution < 1.29 is 9.59 Å². The van der Waals surface area contributed by atoms with E-state index in [2.05, 4.69) is 24.8 Å². The Morgan fingerprint density at radius 1 is 0.897 bits per heavy atom. The number of hydrogen-bond acceptors (Lipinski definition) is 6. The predicted molar refractivity (Wildman–Crippen MR) is 159 cm³/mol. The van der Waals surface area contributed by atoms with Crippen molar-refractivity contribution in [1.29, 1.82) is 5.26 Å². The van der Waals surface area contributed by atoms with Crippen molar-refractivity contribution in [1.82, 2.24) is 9.88 Å². The maximum Gasteiger partial charge on any atom is 0.272 e. The van der Waals surface area contributed by atoms with Gasteiger partial charge in [0.15, 0.2) is 5.13 Å². The zero-order valence-corrected chi connectivity index (χ0v) is 23.6. The summed E-state index contributed by atoms with van der Waals surface area (Å²) < 4.78 is 0. The molecule has 2 heterocycles. The van der Waals surface area contributed by atoms with Crippen LogP contribution in [-0.2, 0) is 9.59 Å². The van der Waals surface area contributed by atoms with Crippen LogP contribution in [0, 0.1) is 11.3 Å². The fourth-order valence-corrected chi connectivity index (χ4v) is 5.72. The quantitative estimate of drug-likeness (QED) is 0.195. The Morgan fingerprint density at radius 2 is 1.49 bits per heavy atom. The molecule has 1 aliphatic heterocycles. The van der Waals surface area contributed by atoms with Gasteiger partial charge in [0, 0.05) is 30.8 Å². The monoisotopic (exact) mass is 538 g/mol. The van der Waals surface area contributed by atoms with Gasteiger partial charge in [-0.15, -0.1) is 0 Å². The van der Waals surface area contributed by atoms with Crippen molar-refractivity contribution in [3.63, 3.8) is 0 Å². The molecule has 0 atom stereocenters. The number of rotatable bonds is 11. The van der Waals surface area contributed by atoms with Crippen LogP contribution < -0.4 is 4.90 Å². The standard InChI is InChI=1S/C32H34N4O2S/c1-4-7-19-35(20-8-5-2)32-34-29(24-17-13-10-14-18-24)27(39-32)21-25-28(23-15-11-9-12-16-23)26(22-33)31(38)36(6-3)30(25)37/h9-18,21H,4-8,19-20H2,1-3H3/b25-21-. The number of nitrogens with zero attached hydrogens (tertiary/aromatic N) is 4. The van der Waals surface area contributed by atoms with E-state index in [1.54, 1.807) is 18.3 Å². The Balaban J connectivity index is 1.95. The van der Waals surface area contributed by atoms with Crippen molar-refractivity contribution in [2.45, 2.75) is 46.5 Å². The molecule has 2 amide bonds. The van der Waals surface area contributed by atoms with Crippen LogP contribution in [0.2, 0.25) is 0 Å². The number of benzene rings is 2. The van der Waals surface area contributed by atoms with Gasteiger partial charge in [-0.2, -0.15) is 5.26 Å². The summed E-state index contributed by atoms with van der Waals surface area (Å²) in [5.41, 5.74) is 3.10. The number of carbonyl (C=O) groups is 2. The first-order valence-electron chi connectivity index (χ1n) is 13.6. The van der Waals surface area contributed by atoms with Crippen molar-refractivity contribution in [2.24, 2.45) is 0 Å². The molecule has 0 saturated heterocycles. The fourth-order valence-electron chi connectivity index (χ4n) is 4.64. The number of hydrogen-bond donors (Lipinski definition) is 0. The van der Waals surface area contributed by atoms with Crippen molar-refractivity contribution >= 4 is 39.9 Å². The van der Waals surface area contributed by atoms with Gasteiger partial charge in [-0.25, -0.2) is 4.98 Å². The van der Waals surface area contributed by atoms with Crippen molar-refractivity contribution in [3.8, 4) is 17.3 Å². The zero-order valence-electron chi connectivity index (χ0n) is 22.8. The molecule has 0 saturated carbocycles. The second-order valence-electron chi connectivity index (χ2n) is 9.41. The summed E-state index contributed by atoms with van der Waals surface area (Å²) in [4.78, 5) is 36.3. The third kappa shape index (κ3) is 6.02. The number of carbonyl (C=O) groups excluding carboxylic acids is 2. The highest BCUT2D eigenvalue weighted by molar-refractivity contribution is 7.17. The number of anilines is 1. The number of unbranched alkanes of at least 4 members (excludes halogenated alkanes) is 2. The maximum absolute atomic E-state index is 13.8. The predicted octanol–water partition coefficient (Wildman–Crippen LogP) is 6.97. The van der Waals surface area contributed by atoms with Crippen LogP contribution in [0.3, 0.4) is 0 Å².